The Morgan fingerprint density at radius 1 is 0.354 bits per heavy atom. The molecule has 5 aromatic heterocycles. The summed E-state index contributed by atoms with van der Waals surface area (Å²) in [4.78, 5) is 119. The number of halogens is 12. The summed E-state index contributed by atoms with van der Waals surface area (Å²) in [5.74, 6) is -8.51. The Bertz CT molecular complexity index is 7140. The van der Waals surface area contributed by atoms with Gasteiger partial charge in [-0.25, -0.2) is 0 Å². The Kier molecular flexibility index (Phi) is 30.0. The molecule has 3 saturated heterocycles. The van der Waals surface area contributed by atoms with Crippen molar-refractivity contribution in [2.75, 3.05) is 26.7 Å². The van der Waals surface area contributed by atoms with Gasteiger partial charge >= 0.3 is 36.9 Å². The van der Waals surface area contributed by atoms with Gasteiger partial charge in [-0.2, -0.15) is 41.6 Å². The highest BCUT2D eigenvalue weighted by atomic mass is 19.4. The fraction of sp³-hybridized carbons (Fsp3) is 0.189. The number of ether oxygens (including phenoxy) is 3. The van der Waals surface area contributed by atoms with Crippen LogP contribution in [0.3, 0.4) is 0 Å². The molecular formula is C106H84F12N12O14. The van der Waals surface area contributed by atoms with E-state index in [4.69, 9.17) is 4.74 Å². The van der Waals surface area contributed by atoms with Gasteiger partial charge in [0.15, 0.2) is 29.0 Å². The van der Waals surface area contributed by atoms with Crippen molar-refractivity contribution in [3.63, 3.8) is 0 Å². The Morgan fingerprint density at radius 3 is 1.05 bits per heavy atom. The highest BCUT2D eigenvalue weighted by Gasteiger charge is 2.53. The maximum atomic E-state index is 13.7. The molecule has 4 unspecified atom stereocenters. The number of nitrogens with zero attached hydrogens (tertiary/aromatic N) is 12. The van der Waals surface area contributed by atoms with E-state index >= 15 is 0 Å². The number of aromatic nitrogens is 8. The fourth-order valence-electron chi connectivity index (χ4n) is 16.0. The number of aliphatic hydroxyl groups excluding tert-OH is 3. The zero-order valence-electron chi connectivity index (χ0n) is 77.7. The Hall–Kier alpha value is -17.2. The number of benzene rings is 8. The summed E-state index contributed by atoms with van der Waals surface area (Å²) in [6, 6.07) is 59.1. The predicted molar refractivity (Wildman–Crippen MR) is 503 cm³/mol. The van der Waals surface area contributed by atoms with Gasteiger partial charge in [0.25, 0.3) is 29.2 Å². The van der Waals surface area contributed by atoms with Crippen LogP contribution in [0.5, 0.6) is 11.5 Å². The Morgan fingerprint density at radius 2 is 0.694 bits per heavy atom. The van der Waals surface area contributed by atoms with Crippen LogP contribution in [-0.2, 0) is 50.7 Å². The molecule has 3 fully saturated rings. The first-order valence-corrected chi connectivity index (χ1v) is 44.0. The van der Waals surface area contributed by atoms with E-state index in [0.29, 0.717) is 69.0 Å². The van der Waals surface area contributed by atoms with Gasteiger partial charge in [-0.05, 0) is 201 Å². The van der Waals surface area contributed by atoms with E-state index in [1.165, 1.54) is 71.1 Å². The van der Waals surface area contributed by atoms with E-state index < -0.39 is 136 Å². The zero-order valence-corrected chi connectivity index (χ0v) is 77.7. The maximum absolute atomic E-state index is 13.7. The molecule has 4 amide bonds. The first kappa shape index (κ1) is 103. The molecule has 0 spiro atoms. The zero-order chi connectivity index (χ0) is 104. The quantitative estimate of drug-likeness (QED) is 0.0222. The molecule has 38 heteroatoms. The highest BCUT2D eigenvalue weighted by molar-refractivity contribution is 6.53. The van der Waals surface area contributed by atoms with E-state index in [1.807, 2.05) is 88.4 Å². The van der Waals surface area contributed by atoms with Crippen molar-refractivity contribution in [2.24, 2.45) is 0 Å². The molecule has 9 heterocycles. The van der Waals surface area contributed by atoms with Crippen LogP contribution < -0.4 is 29.1 Å². The van der Waals surface area contributed by atoms with Crippen molar-refractivity contribution in [1.29, 1.82) is 0 Å². The second kappa shape index (κ2) is 42.1. The Labute approximate surface area is 813 Å². The molecule has 8 aromatic carbocycles. The number of hydrogen-bond acceptors (Lipinski definition) is 22. The minimum absolute atomic E-state index is 0.0260. The van der Waals surface area contributed by atoms with Gasteiger partial charge in [0.05, 0.1) is 99.4 Å². The van der Waals surface area contributed by atoms with E-state index in [0.717, 1.165) is 98.4 Å². The molecule has 0 radical (unpaired) electrons. The van der Waals surface area contributed by atoms with Crippen LogP contribution in [0.15, 0.2) is 301 Å². The van der Waals surface area contributed by atoms with E-state index in [-0.39, 0.29) is 68.1 Å². The topological polar surface area (TPSA) is 341 Å². The first-order chi connectivity index (χ1) is 68.2. The van der Waals surface area contributed by atoms with Crippen molar-refractivity contribution >= 4 is 87.2 Å². The van der Waals surface area contributed by atoms with Crippen LogP contribution in [0.2, 0.25) is 0 Å². The van der Waals surface area contributed by atoms with Crippen molar-refractivity contribution in [3.8, 4) is 22.8 Å². The minimum atomic E-state index is -4.89. The van der Waals surface area contributed by atoms with Crippen molar-refractivity contribution in [2.45, 2.75) is 123 Å². The van der Waals surface area contributed by atoms with E-state index in [9.17, 15) is 106 Å². The normalized spacial score (nSPS) is 17.2. The molecule has 736 valence electrons. The third-order valence-corrected chi connectivity index (χ3v) is 23.3. The number of aliphatic hydroxyl groups is 3. The van der Waals surface area contributed by atoms with Crippen LogP contribution in [0.1, 0.15) is 164 Å². The lowest BCUT2D eigenvalue weighted by Gasteiger charge is -2.26. The second-order valence-electron chi connectivity index (χ2n) is 33.8. The van der Waals surface area contributed by atoms with Crippen LogP contribution in [-0.4, -0.2) is 122 Å². The monoisotopic (exact) mass is 1980 g/mol. The molecule has 4 aliphatic rings. The molecule has 4 atom stereocenters. The number of carbonyl (C=O) groups is 8. The number of pyridine rings is 2. The number of methoxy groups -OCH3 is 1. The maximum Gasteiger partial charge on any atom is 0.573 e. The second-order valence-corrected chi connectivity index (χ2v) is 33.8. The molecule has 144 heavy (non-hydrogen) atoms. The summed E-state index contributed by atoms with van der Waals surface area (Å²) in [5, 5.41) is 57.3. The Balaban J connectivity index is 0.000000152. The average molecular weight is 1980 g/mol. The predicted octanol–water partition coefficient (Wildman–Crippen LogP) is 21.9. The van der Waals surface area contributed by atoms with Crippen LogP contribution >= 0.6 is 0 Å². The highest BCUT2D eigenvalue weighted by Crippen LogP contribution is 2.49. The number of ketones is 4. The lowest BCUT2D eigenvalue weighted by molar-refractivity contribution is -0.275. The number of rotatable bonds is 19. The van der Waals surface area contributed by atoms with Gasteiger partial charge < -0.3 is 29.5 Å². The van der Waals surface area contributed by atoms with E-state index in [2.05, 4.69) is 63.9 Å². The molecule has 26 nitrogen and oxygen atoms in total. The van der Waals surface area contributed by atoms with Crippen molar-refractivity contribution in [1.82, 2.24) is 40.6 Å². The van der Waals surface area contributed by atoms with Crippen LogP contribution in [0, 0.1) is 34.6 Å². The SMILES string of the molecule is COC1=C(C(=O)c2ccc(C)cc2)C(c2ccc(C(C)C)cc2)N(c2ccc(C)nn2)C1=O.Cc1ccc(N2C(=O)C(=O)C(=C(O)c3ccc(-c4ccccn4)cc3)C2c2ccc(OC(F)(F)F)cc2)nn1.Cc1ccc(N2C(=O)C(=O)C(=C(O)c3ccc(C(F)(F)F)cc3)C2c2ccc(C(F)(F)F)cc2)nn1.Cc1ccc(N2C(=O)C(=O)C(=C(O)c3ccc(OC(F)(F)F)cc3)C2c2ccc(C(C)C)cc2)cn1. The van der Waals surface area contributed by atoms with Crippen molar-refractivity contribution < 1.29 is 121 Å². The molecule has 3 N–H and O–H groups in total. The number of carbonyl (C=O) groups excluding carboxylic acids is 8. The molecular weight excluding hydrogens is 1890 g/mol. The van der Waals surface area contributed by atoms with Crippen molar-refractivity contribution in [3.05, 3.63) is 396 Å². The number of anilines is 4. The number of alkyl halides is 12. The fourth-order valence-corrected chi connectivity index (χ4v) is 16.0. The number of hydrogen-bond donors (Lipinski definition) is 3. The first-order valence-electron chi connectivity index (χ1n) is 44.0. The van der Waals surface area contributed by atoms with Crippen LogP contribution in [0.25, 0.3) is 28.5 Å². The van der Waals surface area contributed by atoms with Gasteiger partial charge in [0.2, 0.25) is 0 Å². The van der Waals surface area contributed by atoms with Gasteiger partial charge in [-0.1, -0.05) is 173 Å². The molecule has 0 saturated carbocycles. The molecule has 17 rings (SSSR count). The summed E-state index contributed by atoms with van der Waals surface area (Å²) in [6.45, 7) is 17.2. The number of aryl methyl sites for hydroxylation is 5. The molecule has 4 aliphatic heterocycles. The smallest absolute Gasteiger partial charge is 0.507 e. The summed E-state index contributed by atoms with van der Waals surface area (Å²) in [7, 11) is 1.42. The molecule has 13 aromatic rings. The molecule has 0 aliphatic carbocycles. The summed E-state index contributed by atoms with van der Waals surface area (Å²) in [6.07, 6.45) is -15.9. The lowest BCUT2D eigenvalue weighted by Crippen LogP contribution is -2.32. The summed E-state index contributed by atoms with van der Waals surface area (Å²) in [5.41, 5.74) is 7.22. The number of amides is 4. The van der Waals surface area contributed by atoms with Gasteiger partial charge in [0, 0.05) is 39.7 Å². The van der Waals surface area contributed by atoms with Gasteiger partial charge in [-0.15, -0.1) is 41.6 Å². The van der Waals surface area contributed by atoms with Gasteiger partial charge in [0.1, 0.15) is 28.8 Å². The largest absolute Gasteiger partial charge is 0.573 e. The summed E-state index contributed by atoms with van der Waals surface area (Å²) < 4.78 is 167. The standard InChI is InChI=1S/C28H19F3N4O4.C27H23F3N2O4.C27H27N3O3.C24H15F6N3O3/c1-16-5-14-22(34-33-16)35-24(18-10-12-20(13-11-18)39-28(29,30)31)23(26(37)27(35)38)25(36)19-8-6-17(7-9-19)21-4-2-3-15-32-21;1-15(2)17-5-7-18(8-6-17)23-22(24(33)19-9-12-21(13-10-19)36-27(28,29)30)25(34)26(35)32(23)20-11-4-16(3)31-14-20;1-16(2)19-11-13-20(14-12-19)24-23(25(31)21-9-6-17(3)7-10-21)26(33-5)27(32)30(24)22-15-8-18(4)28-29-22;1-12-2-11-17(32-31-12)33-19(13-3-7-15(8-4-13)23(25,26)27)18(21(35)22(33)36)20(34)14-5-9-16(10-6-14)24(28,29)30/h2-15,24,36H,1H3;4-15,23,33H,1-3H3;6-16,24H,1-5H3;2-11,19,34H,1H3. The third kappa shape index (κ3) is 22.6. The number of Topliss-reactive ketones (excluding diaryl/α,β-unsaturated/α-hetero) is 4. The molecule has 0 bridgehead atoms. The minimum Gasteiger partial charge on any atom is -0.507 e. The lowest BCUT2D eigenvalue weighted by atomic mass is 9.91. The summed E-state index contributed by atoms with van der Waals surface area (Å²) >= 11 is 0. The average Bonchev–Trinajstić information content (AvgIpc) is 1.61. The van der Waals surface area contributed by atoms with E-state index in [1.54, 1.807) is 112 Å². The van der Waals surface area contributed by atoms with Gasteiger partial charge in [-0.3, -0.25) is 67.9 Å². The third-order valence-electron chi connectivity index (χ3n) is 23.3. The van der Waals surface area contributed by atoms with Crippen LogP contribution in [0.4, 0.5) is 75.8 Å².